The highest BCUT2D eigenvalue weighted by Gasteiger charge is 2.45. The van der Waals surface area contributed by atoms with Gasteiger partial charge in [-0.3, -0.25) is 4.18 Å². The van der Waals surface area contributed by atoms with E-state index in [4.69, 9.17) is 8.61 Å². The standard InChI is InChI=1S/C17H24F3NO4SSi/c1-16(2,3)27(4,5)25-14(13-10-24-26-21(13)15(22)23)11-6-8-12(9-7-11)17(18,19)20/h6-9,13-14H,10H2,1-5H3,(H,22,23)/t13-,14+/m1/s1. The van der Waals surface area contributed by atoms with E-state index in [1.165, 1.54) is 12.1 Å². The first-order chi connectivity index (χ1) is 12.2. The smallest absolute Gasteiger partial charge is 0.419 e. The quantitative estimate of drug-likeness (QED) is 0.382. The van der Waals surface area contributed by atoms with Crippen LogP contribution in [-0.2, 0) is 14.8 Å². The minimum absolute atomic E-state index is 0.0945. The normalized spacial score (nSPS) is 20.0. The van der Waals surface area contributed by atoms with Crippen molar-refractivity contribution < 1.29 is 31.7 Å². The molecule has 1 aromatic rings. The molecule has 1 amide bonds. The van der Waals surface area contributed by atoms with Crippen LogP contribution in [0.25, 0.3) is 0 Å². The largest absolute Gasteiger partial charge is 0.464 e. The molecular weight excluding hydrogens is 399 g/mol. The molecule has 0 bridgehead atoms. The summed E-state index contributed by atoms with van der Waals surface area (Å²) in [5, 5.41) is 9.27. The van der Waals surface area contributed by atoms with Gasteiger partial charge in [0, 0.05) is 0 Å². The van der Waals surface area contributed by atoms with Crippen LogP contribution in [0, 0.1) is 0 Å². The van der Waals surface area contributed by atoms with Crippen molar-refractivity contribution in [3.63, 3.8) is 0 Å². The number of halogens is 3. The van der Waals surface area contributed by atoms with E-state index in [1.54, 1.807) is 0 Å². The minimum atomic E-state index is -4.44. The fourth-order valence-electron chi connectivity index (χ4n) is 2.39. The van der Waals surface area contributed by atoms with Crippen LogP contribution in [0.5, 0.6) is 0 Å². The second-order valence-corrected chi connectivity index (χ2v) is 13.5. The van der Waals surface area contributed by atoms with Gasteiger partial charge in [-0.15, -0.1) is 0 Å². The molecule has 1 heterocycles. The molecule has 0 aliphatic carbocycles. The average molecular weight is 424 g/mol. The average Bonchev–Trinajstić information content (AvgIpc) is 3.00. The summed E-state index contributed by atoms with van der Waals surface area (Å²) in [5.74, 6) is 0. The molecule has 1 saturated heterocycles. The second kappa shape index (κ2) is 7.65. The molecule has 1 aromatic carbocycles. The van der Waals surface area contributed by atoms with Gasteiger partial charge in [-0.05, 0) is 35.8 Å². The van der Waals surface area contributed by atoms with Crippen LogP contribution in [0.3, 0.4) is 0 Å². The number of nitrogens with zero attached hydrogens (tertiary/aromatic N) is 1. The summed E-state index contributed by atoms with van der Waals surface area (Å²) in [7, 11) is -2.34. The molecule has 0 aromatic heterocycles. The fraction of sp³-hybridized carbons (Fsp3) is 0.588. The summed E-state index contributed by atoms with van der Waals surface area (Å²) < 4.78 is 51.4. The summed E-state index contributed by atoms with van der Waals surface area (Å²) in [6, 6.07) is 4.03. The molecule has 1 aliphatic heterocycles. The van der Waals surface area contributed by atoms with Crippen molar-refractivity contribution in [3.05, 3.63) is 35.4 Å². The lowest BCUT2D eigenvalue weighted by Gasteiger charge is -2.41. The number of alkyl halides is 3. The first kappa shape index (κ1) is 22.1. The molecule has 0 unspecified atom stereocenters. The number of carboxylic acid groups (broad SMARTS) is 1. The molecule has 1 aliphatic rings. The van der Waals surface area contributed by atoms with E-state index in [2.05, 4.69) is 0 Å². The highest BCUT2D eigenvalue weighted by atomic mass is 32.2. The highest BCUT2D eigenvalue weighted by molar-refractivity contribution is 7.93. The van der Waals surface area contributed by atoms with E-state index >= 15 is 0 Å². The Morgan fingerprint density at radius 2 is 1.85 bits per heavy atom. The predicted molar refractivity (Wildman–Crippen MR) is 99.7 cm³/mol. The molecule has 1 N–H and O–H groups in total. The van der Waals surface area contributed by atoms with Crippen molar-refractivity contribution in [2.45, 2.75) is 57.2 Å². The Bertz CT molecular complexity index is 676. The van der Waals surface area contributed by atoms with Crippen LogP contribution in [-0.4, -0.2) is 36.5 Å². The molecule has 2 rings (SSSR count). The number of hydrogen-bond donors (Lipinski definition) is 1. The lowest BCUT2D eigenvalue weighted by atomic mass is 10.0. The van der Waals surface area contributed by atoms with Crippen LogP contribution >= 0.6 is 12.2 Å². The van der Waals surface area contributed by atoms with Gasteiger partial charge in [-0.25, -0.2) is 9.10 Å². The maximum Gasteiger partial charge on any atom is 0.419 e. The number of hydrogen-bond acceptors (Lipinski definition) is 4. The Hall–Kier alpha value is -1.23. The maximum absolute atomic E-state index is 12.9. The molecule has 27 heavy (non-hydrogen) atoms. The van der Waals surface area contributed by atoms with E-state index in [1.807, 2.05) is 33.9 Å². The second-order valence-electron chi connectivity index (χ2n) is 7.95. The number of benzene rings is 1. The number of rotatable bonds is 4. The van der Waals surface area contributed by atoms with Crippen LogP contribution in [0.1, 0.15) is 38.0 Å². The predicted octanol–water partition coefficient (Wildman–Crippen LogP) is 5.71. The highest BCUT2D eigenvalue weighted by Crippen LogP contribution is 2.44. The first-order valence-corrected chi connectivity index (χ1v) is 12.0. The van der Waals surface area contributed by atoms with E-state index < -0.39 is 38.3 Å². The molecule has 152 valence electrons. The Balaban J connectivity index is 2.42. The summed E-state index contributed by atoms with van der Waals surface area (Å²) in [4.78, 5) is 11.5. The van der Waals surface area contributed by atoms with Gasteiger partial charge in [0.25, 0.3) is 0 Å². The topological polar surface area (TPSA) is 59.0 Å². The van der Waals surface area contributed by atoms with Crippen molar-refractivity contribution in [1.82, 2.24) is 4.31 Å². The van der Waals surface area contributed by atoms with Crippen LogP contribution < -0.4 is 0 Å². The number of amides is 1. The van der Waals surface area contributed by atoms with Crippen molar-refractivity contribution in [2.24, 2.45) is 0 Å². The van der Waals surface area contributed by atoms with Crippen LogP contribution in [0.15, 0.2) is 24.3 Å². The van der Waals surface area contributed by atoms with E-state index in [0.717, 1.165) is 16.4 Å². The van der Waals surface area contributed by atoms with E-state index in [9.17, 15) is 23.1 Å². The number of carbonyl (C=O) groups is 1. The van der Waals surface area contributed by atoms with Gasteiger partial charge in [0.1, 0.15) is 18.3 Å². The SMILES string of the molecule is CC(C)(C)[Si](C)(C)O[C@@H](c1ccc(C(F)(F)F)cc1)[C@H]1COSN1C(=O)O. The van der Waals surface area contributed by atoms with Gasteiger partial charge in [0.05, 0.1) is 18.3 Å². The molecule has 10 heteroatoms. The zero-order valence-electron chi connectivity index (χ0n) is 15.8. The molecule has 2 atom stereocenters. The first-order valence-electron chi connectivity index (χ1n) is 8.41. The zero-order valence-corrected chi connectivity index (χ0v) is 17.6. The maximum atomic E-state index is 12.9. The van der Waals surface area contributed by atoms with E-state index in [-0.39, 0.29) is 11.6 Å². The monoisotopic (exact) mass is 423 g/mol. The van der Waals surface area contributed by atoms with Gasteiger partial charge in [-0.1, -0.05) is 32.9 Å². The van der Waals surface area contributed by atoms with Crippen LogP contribution in [0.4, 0.5) is 18.0 Å². The molecule has 1 fully saturated rings. The summed E-state index contributed by atoms with van der Waals surface area (Å²) in [6.07, 6.45) is -6.34. The van der Waals surface area contributed by atoms with Gasteiger partial charge >= 0.3 is 12.3 Å². The van der Waals surface area contributed by atoms with Gasteiger partial charge < -0.3 is 9.53 Å². The van der Waals surface area contributed by atoms with Crippen molar-refractivity contribution in [2.75, 3.05) is 6.61 Å². The van der Waals surface area contributed by atoms with Crippen molar-refractivity contribution >= 4 is 26.6 Å². The summed E-state index contributed by atoms with van der Waals surface area (Å²) >= 11 is 0.712. The third-order valence-electron chi connectivity index (χ3n) is 5.01. The third kappa shape index (κ3) is 4.98. The Morgan fingerprint density at radius 3 is 2.30 bits per heavy atom. The summed E-state index contributed by atoms with van der Waals surface area (Å²) in [6.45, 7) is 10.2. The summed E-state index contributed by atoms with van der Waals surface area (Å²) in [5.41, 5.74) is -0.264. The van der Waals surface area contributed by atoms with Crippen molar-refractivity contribution in [3.8, 4) is 0 Å². The Morgan fingerprint density at radius 1 is 1.30 bits per heavy atom. The van der Waals surface area contributed by atoms with E-state index in [0.29, 0.717) is 17.8 Å². The molecule has 0 saturated carbocycles. The molecule has 5 nitrogen and oxygen atoms in total. The molecular formula is C17H24F3NO4SSi. The van der Waals surface area contributed by atoms with Gasteiger partial charge in [0.15, 0.2) is 8.32 Å². The lowest BCUT2D eigenvalue weighted by molar-refractivity contribution is -0.137. The zero-order chi connectivity index (χ0) is 20.6. The molecule has 0 spiro atoms. The Labute approximate surface area is 162 Å². The lowest BCUT2D eigenvalue weighted by Crippen LogP contribution is -2.47. The Kier molecular flexibility index (Phi) is 6.25. The third-order valence-corrected chi connectivity index (χ3v) is 10.3. The minimum Gasteiger partial charge on any atom is -0.464 e. The fourth-order valence-corrected chi connectivity index (χ4v) is 4.33. The van der Waals surface area contributed by atoms with Gasteiger partial charge in [-0.2, -0.15) is 13.2 Å². The van der Waals surface area contributed by atoms with Gasteiger partial charge in [0.2, 0.25) is 0 Å². The van der Waals surface area contributed by atoms with Crippen LogP contribution in [0.2, 0.25) is 18.1 Å². The van der Waals surface area contributed by atoms with Crippen molar-refractivity contribution in [1.29, 1.82) is 0 Å². The molecule has 0 radical (unpaired) electrons.